The van der Waals surface area contributed by atoms with Crippen LogP contribution in [-0.4, -0.2) is 67.3 Å². The van der Waals surface area contributed by atoms with Crippen molar-refractivity contribution in [2.75, 3.05) is 25.0 Å². The van der Waals surface area contributed by atoms with Gasteiger partial charge in [-0.15, -0.1) is 10.2 Å². The van der Waals surface area contributed by atoms with Crippen LogP contribution >= 0.6 is 15.9 Å². The van der Waals surface area contributed by atoms with Crippen LogP contribution in [-0.2, 0) is 4.74 Å². The Kier molecular flexibility index (Phi) is 4.17. The van der Waals surface area contributed by atoms with Gasteiger partial charge in [-0.05, 0) is 42.8 Å². The van der Waals surface area contributed by atoms with Crippen molar-refractivity contribution >= 4 is 44.7 Å². The molecule has 0 spiro atoms. The van der Waals surface area contributed by atoms with Crippen LogP contribution in [0.2, 0.25) is 0 Å². The van der Waals surface area contributed by atoms with Crippen molar-refractivity contribution < 1.29 is 9.53 Å². The molecule has 0 N–H and O–H groups in total. The lowest BCUT2D eigenvalue weighted by Crippen LogP contribution is -2.55. The number of halogens is 1. The maximum Gasteiger partial charge on any atom is 0.410 e. The molecule has 1 amide bonds. The zero-order valence-electron chi connectivity index (χ0n) is 15.5. The van der Waals surface area contributed by atoms with Crippen molar-refractivity contribution in [3.05, 3.63) is 23.1 Å². The minimum atomic E-state index is -0.322. The lowest BCUT2D eigenvalue weighted by Gasteiger charge is -2.41. The zero-order valence-corrected chi connectivity index (χ0v) is 17.1. The number of carbonyl (C=O) groups is 1. The molecule has 0 saturated carbocycles. The van der Waals surface area contributed by atoms with E-state index in [1.165, 1.54) is 0 Å². The standard InChI is InChI=1S/C17H20BrN7O2/c1-17(2,3)23(4)16(26)27-11-7-24(8-11)14-15-22-20-9-25(15)12-5-10(18)6-19-13(12)21-14/h5-6,9,11H,7-8H2,1-4H3. The second-order valence-electron chi connectivity index (χ2n) is 7.60. The molecule has 0 bridgehead atoms. The van der Waals surface area contributed by atoms with Gasteiger partial charge in [-0.1, -0.05) is 0 Å². The van der Waals surface area contributed by atoms with Crippen molar-refractivity contribution in [2.45, 2.75) is 32.4 Å². The molecule has 10 heteroatoms. The third kappa shape index (κ3) is 3.18. The first-order valence-electron chi connectivity index (χ1n) is 8.58. The van der Waals surface area contributed by atoms with Crippen molar-refractivity contribution in [2.24, 2.45) is 0 Å². The SMILES string of the molecule is CN(C(=O)OC1CN(c2nc3ncc(Br)cc3n3cnnc23)C1)C(C)(C)C. The molecule has 1 aliphatic heterocycles. The first-order valence-corrected chi connectivity index (χ1v) is 9.38. The quantitative estimate of drug-likeness (QED) is 0.612. The van der Waals surface area contributed by atoms with E-state index in [0.717, 1.165) is 9.99 Å². The summed E-state index contributed by atoms with van der Waals surface area (Å²) in [6.45, 7) is 7.01. The molecule has 0 atom stereocenters. The first-order chi connectivity index (χ1) is 12.7. The van der Waals surface area contributed by atoms with Crippen LogP contribution in [0, 0.1) is 0 Å². The summed E-state index contributed by atoms with van der Waals surface area (Å²) >= 11 is 3.43. The van der Waals surface area contributed by atoms with Gasteiger partial charge in [-0.2, -0.15) is 0 Å². The summed E-state index contributed by atoms with van der Waals surface area (Å²) in [5.41, 5.74) is 1.80. The second-order valence-corrected chi connectivity index (χ2v) is 8.51. The second kappa shape index (κ2) is 6.29. The molecule has 1 aliphatic rings. The number of rotatable bonds is 2. The van der Waals surface area contributed by atoms with Gasteiger partial charge in [0.1, 0.15) is 12.4 Å². The van der Waals surface area contributed by atoms with Crippen LogP contribution < -0.4 is 4.90 Å². The summed E-state index contributed by atoms with van der Waals surface area (Å²) in [6.07, 6.45) is 2.85. The molecule has 3 aromatic rings. The Labute approximate surface area is 164 Å². The van der Waals surface area contributed by atoms with Gasteiger partial charge in [-0.25, -0.2) is 14.8 Å². The Morgan fingerprint density at radius 2 is 2.11 bits per heavy atom. The highest BCUT2D eigenvalue weighted by Gasteiger charge is 2.35. The molecule has 9 nitrogen and oxygen atoms in total. The van der Waals surface area contributed by atoms with Gasteiger partial charge in [-0.3, -0.25) is 4.40 Å². The molecular weight excluding hydrogens is 414 g/mol. The molecule has 27 heavy (non-hydrogen) atoms. The lowest BCUT2D eigenvalue weighted by atomic mass is 10.1. The van der Waals surface area contributed by atoms with Crippen LogP contribution in [0.25, 0.3) is 16.8 Å². The Morgan fingerprint density at radius 3 is 2.81 bits per heavy atom. The van der Waals surface area contributed by atoms with E-state index >= 15 is 0 Å². The summed E-state index contributed by atoms with van der Waals surface area (Å²) in [4.78, 5) is 24.9. The number of fused-ring (bicyclic) bond motifs is 3. The topological polar surface area (TPSA) is 88.8 Å². The van der Waals surface area contributed by atoms with E-state index in [9.17, 15) is 4.79 Å². The molecule has 4 rings (SSSR count). The molecule has 1 fully saturated rings. The number of ether oxygens (including phenoxy) is 1. The van der Waals surface area contributed by atoms with E-state index in [2.05, 4.69) is 36.1 Å². The highest BCUT2D eigenvalue weighted by atomic mass is 79.9. The van der Waals surface area contributed by atoms with Gasteiger partial charge in [0, 0.05) is 23.3 Å². The predicted molar refractivity (Wildman–Crippen MR) is 104 cm³/mol. The number of amides is 1. The molecule has 0 aliphatic carbocycles. The fourth-order valence-corrected chi connectivity index (χ4v) is 3.11. The summed E-state index contributed by atoms with van der Waals surface area (Å²) < 4.78 is 8.30. The van der Waals surface area contributed by atoms with E-state index in [4.69, 9.17) is 4.74 Å². The van der Waals surface area contributed by atoms with Crippen molar-refractivity contribution in [1.29, 1.82) is 0 Å². The van der Waals surface area contributed by atoms with Crippen LogP contribution in [0.1, 0.15) is 20.8 Å². The van der Waals surface area contributed by atoms with E-state index < -0.39 is 0 Å². The summed E-state index contributed by atoms with van der Waals surface area (Å²) in [6, 6.07) is 1.93. The number of hydrogen-bond donors (Lipinski definition) is 0. The maximum atomic E-state index is 12.2. The predicted octanol–water partition coefficient (Wildman–Crippen LogP) is 2.49. The smallest absolute Gasteiger partial charge is 0.410 e. The van der Waals surface area contributed by atoms with Crippen LogP contribution in [0.3, 0.4) is 0 Å². The fourth-order valence-electron chi connectivity index (χ4n) is 2.79. The maximum absolute atomic E-state index is 12.2. The van der Waals surface area contributed by atoms with Gasteiger partial charge < -0.3 is 14.5 Å². The van der Waals surface area contributed by atoms with Gasteiger partial charge in [0.15, 0.2) is 11.5 Å². The van der Waals surface area contributed by atoms with Crippen molar-refractivity contribution in [3.63, 3.8) is 0 Å². The zero-order chi connectivity index (χ0) is 19.3. The number of aromatic nitrogens is 5. The Morgan fingerprint density at radius 1 is 1.37 bits per heavy atom. The van der Waals surface area contributed by atoms with Gasteiger partial charge in [0.2, 0.25) is 5.65 Å². The van der Waals surface area contributed by atoms with Crippen LogP contribution in [0.4, 0.5) is 10.6 Å². The molecule has 4 heterocycles. The minimum absolute atomic E-state index is 0.180. The monoisotopic (exact) mass is 433 g/mol. The lowest BCUT2D eigenvalue weighted by molar-refractivity contribution is 0.0365. The Hall–Kier alpha value is -2.49. The molecule has 142 valence electrons. The van der Waals surface area contributed by atoms with E-state index in [1.54, 1.807) is 24.5 Å². The van der Waals surface area contributed by atoms with Gasteiger partial charge >= 0.3 is 6.09 Å². The average molecular weight is 434 g/mol. The summed E-state index contributed by atoms with van der Waals surface area (Å²) in [7, 11) is 1.74. The molecule has 0 radical (unpaired) electrons. The largest absolute Gasteiger partial charge is 0.442 e. The third-order valence-electron chi connectivity index (χ3n) is 4.73. The highest BCUT2D eigenvalue weighted by molar-refractivity contribution is 9.10. The number of hydrogen-bond acceptors (Lipinski definition) is 7. The third-order valence-corrected chi connectivity index (χ3v) is 5.16. The first kappa shape index (κ1) is 17.9. The molecule has 0 aromatic carbocycles. The summed E-state index contributed by atoms with van der Waals surface area (Å²) in [5, 5.41) is 8.21. The fraction of sp³-hybridized carbons (Fsp3) is 0.471. The van der Waals surface area contributed by atoms with Crippen LogP contribution in [0.15, 0.2) is 23.1 Å². The Bertz CT molecular complexity index is 1020. The van der Waals surface area contributed by atoms with E-state index in [-0.39, 0.29) is 17.7 Å². The normalized spacial score (nSPS) is 15.2. The average Bonchev–Trinajstić information content (AvgIpc) is 3.06. The molecule has 0 unspecified atom stereocenters. The van der Waals surface area contributed by atoms with E-state index in [0.29, 0.717) is 30.2 Å². The minimum Gasteiger partial charge on any atom is -0.442 e. The number of carbonyl (C=O) groups excluding carboxylic acids is 1. The van der Waals surface area contributed by atoms with Gasteiger partial charge in [0.05, 0.1) is 18.6 Å². The number of anilines is 1. The molecular formula is C17H20BrN7O2. The Balaban J connectivity index is 1.54. The number of pyridine rings is 1. The van der Waals surface area contributed by atoms with Gasteiger partial charge in [0.25, 0.3) is 0 Å². The van der Waals surface area contributed by atoms with Crippen molar-refractivity contribution in [3.8, 4) is 0 Å². The highest BCUT2D eigenvalue weighted by Crippen LogP contribution is 2.28. The summed E-state index contributed by atoms with van der Waals surface area (Å²) in [5.74, 6) is 0.686. The van der Waals surface area contributed by atoms with Crippen LogP contribution in [0.5, 0.6) is 0 Å². The van der Waals surface area contributed by atoms with Crippen molar-refractivity contribution in [1.82, 2.24) is 29.5 Å². The van der Waals surface area contributed by atoms with E-state index in [1.807, 2.05) is 36.1 Å². The molecule has 3 aromatic heterocycles. The number of nitrogens with zero attached hydrogens (tertiary/aromatic N) is 7. The molecule has 1 saturated heterocycles.